The van der Waals surface area contributed by atoms with E-state index in [0.717, 1.165) is 60.3 Å². The van der Waals surface area contributed by atoms with E-state index in [2.05, 4.69) is 44.9 Å². The van der Waals surface area contributed by atoms with Crippen LogP contribution in [0.1, 0.15) is 37.2 Å². The fourth-order valence-electron chi connectivity index (χ4n) is 3.82. The summed E-state index contributed by atoms with van der Waals surface area (Å²) in [6.45, 7) is 6.11. The molecule has 1 aliphatic heterocycles. The third-order valence-electron chi connectivity index (χ3n) is 5.30. The van der Waals surface area contributed by atoms with Crippen LogP contribution in [0.3, 0.4) is 0 Å². The minimum absolute atomic E-state index is 0.213. The highest BCUT2D eigenvalue weighted by atomic mass is 16.5. The number of hydrogen-bond donors (Lipinski definition) is 2. The zero-order valence-electron chi connectivity index (χ0n) is 18.4. The molecule has 1 unspecified atom stereocenters. The van der Waals surface area contributed by atoms with Gasteiger partial charge in [-0.2, -0.15) is 0 Å². The molecule has 0 saturated carbocycles. The van der Waals surface area contributed by atoms with Crippen molar-refractivity contribution in [3.63, 3.8) is 0 Å². The molecule has 0 fully saturated rings. The minimum atomic E-state index is 0.213. The van der Waals surface area contributed by atoms with Crippen LogP contribution in [0.5, 0.6) is 11.5 Å². The summed E-state index contributed by atoms with van der Waals surface area (Å²) >= 11 is 0. The molecule has 0 amide bonds. The van der Waals surface area contributed by atoms with Crippen LogP contribution in [0.4, 0.5) is 0 Å². The van der Waals surface area contributed by atoms with Crippen LogP contribution in [-0.4, -0.2) is 46.9 Å². The number of ether oxygens (including phenoxy) is 2. The van der Waals surface area contributed by atoms with Gasteiger partial charge in [0.05, 0.1) is 6.61 Å². The van der Waals surface area contributed by atoms with E-state index in [0.29, 0.717) is 13.2 Å². The zero-order valence-corrected chi connectivity index (χ0v) is 18.4. The average Bonchev–Trinajstić information content (AvgIpc) is 3.35. The number of nitrogens with one attached hydrogen (secondary N) is 2. The topological polar surface area (TPSA) is 85.1 Å². The molecular weight excluding hydrogens is 392 g/mol. The summed E-state index contributed by atoms with van der Waals surface area (Å²) in [6, 6.07) is 10.1. The summed E-state index contributed by atoms with van der Waals surface area (Å²) in [5.74, 6) is 3.58. The van der Waals surface area contributed by atoms with Crippen molar-refractivity contribution < 1.29 is 9.47 Å². The molecule has 0 radical (unpaired) electrons. The number of rotatable bonds is 8. The predicted octanol–water partition coefficient (Wildman–Crippen LogP) is 2.75. The highest BCUT2D eigenvalue weighted by Gasteiger charge is 2.21. The van der Waals surface area contributed by atoms with Crippen molar-refractivity contribution in [3.05, 3.63) is 53.5 Å². The summed E-state index contributed by atoms with van der Waals surface area (Å²) in [6.07, 6.45) is 4.89. The summed E-state index contributed by atoms with van der Waals surface area (Å²) < 4.78 is 13.8. The number of aryl methyl sites for hydroxylation is 1. The lowest BCUT2D eigenvalue weighted by Gasteiger charge is -2.15. The Balaban J connectivity index is 1.30. The van der Waals surface area contributed by atoms with Crippen LogP contribution in [0.25, 0.3) is 5.65 Å². The lowest BCUT2D eigenvalue weighted by Crippen LogP contribution is -2.37. The van der Waals surface area contributed by atoms with E-state index >= 15 is 0 Å². The van der Waals surface area contributed by atoms with Gasteiger partial charge in [-0.05, 0) is 44.5 Å². The summed E-state index contributed by atoms with van der Waals surface area (Å²) in [5.41, 5.74) is 3.15. The van der Waals surface area contributed by atoms with Crippen LogP contribution in [0, 0.1) is 0 Å². The lowest BCUT2D eigenvalue weighted by molar-refractivity contribution is 0.254. The van der Waals surface area contributed by atoms with Crippen LogP contribution in [0.2, 0.25) is 0 Å². The van der Waals surface area contributed by atoms with Crippen molar-refractivity contribution in [1.82, 2.24) is 25.2 Å². The van der Waals surface area contributed by atoms with E-state index < -0.39 is 0 Å². The molecule has 1 atom stereocenters. The van der Waals surface area contributed by atoms with Crippen LogP contribution in [0.15, 0.2) is 41.5 Å². The van der Waals surface area contributed by atoms with Gasteiger partial charge in [0.25, 0.3) is 0 Å². The van der Waals surface area contributed by atoms with E-state index in [9.17, 15) is 0 Å². The third-order valence-corrected chi connectivity index (χ3v) is 5.30. The highest BCUT2D eigenvalue weighted by Crippen LogP contribution is 2.35. The lowest BCUT2D eigenvalue weighted by atomic mass is 10.1. The summed E-state index contributed by atoms with van der Waals surface area (Å²) in [5, 5.41) is 15.2. The van der Waals surface area contributed by atoms with E-state index in [1.165, 1.54) is 5.56 Å². The first-order valence-electron chi connectivity index (χ1n) is 10.9. The Morgan fingerprint density at radius 3 is 3.03 bits per heavy atom. The molecule has 8 nitrogen and oxygen atoms in total. The second-order valence-corrected chi connectivity index (χ2v) is 7.63. The number of nitrogens with zero attached hydrogens (tertiary/aromatic N) is 4. The normalized spacial score (nSPS) is 15.6. The van der Waals surface area contributed by atoms with Gasteiger partial charge in [-0.1, -0.05) is 6.07 Å². The van der Waals surface area contributed by atoms with Crippen LogP contribution < -0.4 is 20.1 Å². The molecule has 0 bridgehead atoms. The molecule has 4 rings (SSSR count). The van der Waals surface area contributed by atoms with Gasteiger partial charge in [0.1, 0.15) is 23.4 Å². The average molecular weight is 423 g/mol. The van der Waals surface area contributed by atoms with Gasteiger partial charge in [0.2, 0.25) is 0 Å². The number of hydrogen-bond acceptors (Lipinski definition) is 5. The summed E-state index contributed by atoms with van der Waals surface area (Å²) in [7, 11) is 1.78. The molecule has 3 heterocycles. The van der Waals surface area contributed by atoms with Crippen molar-refractivity contribution in [2.24, 2.45) is 4.99 Å². The molecule has 0 saturated heterocycles. The standard InChI is InChI=1S/C23H30N6O2/c1-4-30-19-13-17-12-16(2)31-20(17)14-18(19)15-26-23(24-3)25-10-7-9-22-28-27-21-8-5-6-11-29(21)22/h5-6,8,11,13-14,16H,4,7,9-10,12,15H2,1-3H3,(H2,24,25,26). The Morgan fingerprint density at radius 1 is 1.29 bits per heavy atom. The maximum atomic E-state index is 5.92. The van der Waals surface area contributed by atoms with Crippen LogP contribution >= 0.6 is 0 Å². The minimum Gasteiger partial charge on any atom is -0.494 e. The van der Waals surface area contributed by atoms with Gasteiger partial charge in [0, 0.05) is 50.3 Å². The number of benzene rings is 1. The van der Waals surface area contributed by atoms with Gasteiger partial charge >= 0.3 is 0 Å². The van der Waals surface area contributed by atoms with Crippen LogP contribution in [-0.2, 0) is 19.4 Å². The van der Waals surface area contributed by atoms with Crippen molar-refractivity contribution in [2.45, 2.75) is 45.8 Å². The molecule has 0 spiro atoms. The second-order valence-electron chi connectivity index (χ2n) is 7.63. The number of aromatic nitrogens is 3. The first-order valence-corrected chi connectivity index (χ1v) is 10.9. The first-order chi connectivity index (χ1) is 15.2. The van der Waals surface area contributed by atoms with E-state index in [4.69, 9.17) is 9.47 Å². The molecule has 1 aromatic carbocycles. The second kappa shape index (κ2) is 9.68. The van der Waals surface area contributed by atoms with Gasteiger partial charge in [0.15, 0.2) is 11.6 Å². The SMILES string of the molecule is CCOc1cc2c(cc1CNC(=NC)NCCCc1nnc3ccccn13)OC(C)C2. The zero-order chi connectivity index (χ0) is 21.6. The fourth-order valence-corrected chi connectivity index (χ4v) is 3.82. The maximum Gasteiger partial charge on any atom is 0.191 e. The van der Waals surface area contributed by atoms with E-state index in [1.807, 2.05) is 35.7 Å². The Morgan fingerprint density at radius 2 is 2.19 bits per heavy atom. The Labute approximate surface area is 182 Å². The number of guanidine groups is 1. The Bertz CT molecular complexity index is 1060. The summed E-state index contributed by atoms with van der Waals surface area (Å²) in [4.78, 5) is 4.34. The molecule has 3 aromatic rings. The molecular formula is C23H30N6O2. The van der Waals surface area contributed by atoms with Crippen molar-refractivity contribution in [2.75, 3.05) is 20.2 Å². The molecule has 0 aliphatic carbocycles. The number of fused-ring (bicyclic) bond motifs is 2. The number of pyridine rings is 1. The van der Waals surface area contributed by atoms with Gasteiger partial charge in [-0.25, -0.2) is 0 Å². The Hall–Kier alpha value is -3.29. The van der Waals surface area contributed by atoms with Gasteiger partial charge in [-0.15, -0.1) is 10.2 Å². The van der Waals surface area contributed by atoms with Crippen molar-refractivity contribution in [1.29, 1.82) is 0 Å². The number of aliphatic imine (C=N–C) groups is 1. The fraction of sp³-hybridized carbons (Fsp3) is 0.435. The molecule has 1 aliphatic rings. The maximum absolute atomic E-state index is 5.92. The monoisotopic (exact) mass is 422 g/mol. The quantitative estimate of drug-likeness (QED) is 0.330. The first kappa shape index (κ1) is 21.0. The molecule has 31 heavy (non-hydrogen) atoms. The van der Waals surface area contributed by atoms with E-state index in [-0.39, 0.29) is 6.10 Å². The highest BCUT2D eigenvalue weighted by molar-refractivity contribution is 5.79. The van der Waals surface area contributed by atoms with Gasteiger partial charge < -0.3 is 20.1 Å². The van der Waals surface area contributed by atoms with Crippen molar-refractivity contribution in [3.8, 4) is 11.5 Å². The Kier molecular flexibility index (Phi) is 6.54. The largest absolute Gasteiger partial charge is 0.494 e. The smallest absolute Gasteiger partial charge is 0.191 e. The molecule has 164 valence electrons. The molecule has 8 heteroatoms. The van der Waals surface area contributed by atoms with E-state index in [1.54, 1.807) is 7.05 Å². The predicted molar refractivity (Wildman–Crippen MR) is 121 cm³/mol. The molecule has 2 aromatic heterocycles. The van der Waals surface area contributed by atoms with Gasteiger partial charge in [-0.3, -0.25) is 9.39 Å². The third kappa shape index (κ3) is 4.90. The van der Waals surface area contributed by atoms with Crippen molar-refractivity contribution >= 4 is 11.6 Å². The molecule has 2 N–H and O–H groups in total.